The van der Waals surface area contributed by atoms with Gasteiger partial charge in [0.05, 0.1) is 0 Å². The minimum atomic E-state index is -0.272. The van der Waals surface area contributed by atoms with Crippen molar-refractivity contribution in [2.45, 2.75) is 38.6 Å². The summed E-state index contributed by atoms with van der Waals surface area (Å²) in [5, 5.41) is 0. The molecule has 2 aromatic rings. The number of anilines is 1. The van der Waals surface area contributed by atoms with E-state index in [0.29, 0.717) is 11.4 Å². The molecule has 2 heterocycles. The number of nitrogens with two attached hydrogens (primary N) is 1. The van der Waals surface area contributed by atoms with Gasteiger partial charge in [0.1, 0.15) is 11.6 Å². The number of rotatable bonds is 3. The van der Waals surface area contributed by atoms with E-state index in [1.807, 2.05) is 12.1 Å². The largest absolute Gasteiger partial charge is 0.356 e. The zero-order valence-corrected chi connectivity index (χ0v) is 13.7. The number of piperidine rings is 1. The number of nitrogens with zero attached hydrogens (tertiary/aromatic N) is 3. The van der Waals surface area contributed by atoms with Gasteiger partial charge in [0.15, 0.2) is 5.82 Å². The monoisotopic (exact) mass is 314 g/mol. The lowest BCUT2D eigenvalue weighted by atomic mass is 10.1. The van der Waals surface area contributed by atoms with Crippen LogP contribution in [0.4, 0.5) is 10.2 Å². The third-order valence-corrected chi connectivity index (χ3v) is 4.27. The van der Waals surface area contributed by atoms with Crippen LogP contribution >= 0.6 is 0 Å². The van der Waals surface area contributed by atoms with Crippen LogP contribution < -0.4 is 10.6 Å². The van der Waals surface area contributed by atoms with Crippen molar-refractivity contribution in [3.05, 3.63) is 41.8 Å². The highest BCUT2D eigenvalue weighted by Gasteiger charge is 2.19. The Kier molecular flexibility index (Phi) is 4.57. The molecule has 5 heteroatoms. The van der Waals surface area contributed by atoms with Crippen LogP contribution in [0.25, 0.3) is 11.4 Å². The molecule has 1 aromatic carbocycles. The van der Waals surface area contributed by atoms with Crippen LogP contribution in [0.5, 0.6) is 0 Å². The van der Waals surface area contributed by atoms with Crippen molar-refractivity contribution in [3.63, 3.8) is 0 Å². The van der Waals surface area contributed by atoms with E-state index in [1.54, 1.807) is 6.07 Å². The Morgan fingerprint density at radius 1 is 1.17 bits per heavy atom. The van der Waals surface area contributed by atoms with Gasteiger partial charge in [0, 0.05) is 36.5 Å². The predicted octanol–water partition coefficient (Wildman–Crippen LogP) is 3.33. The summed E-state index contributed by atoms with van der Waals surface area (Å²) in [7, 11) is 0. The molecule has 0 saturated carbocycles. The van der Waals surface area contributed by atoms with E-state index in [4.69, 9.17) is 5.73 Å². The molecule has 0 spiro atoms. The minimum Gasteiger partial charge on any atom is -0.356 e. The molecule has 0 unspecified atom stereocenters. The first-order chi connectivity index (χ1) is 11.0. The Bertz CT molecular complexity index is 678. The Balaban J connectivity index is 1.99. The van der Waals surface area contributed by atoms with Crippen LogP contribution in [0.1, 0.15) is 38.3 Å². The Labute approximate surface area is 136 Å². The van der Waals surface area contributed by atoms with Crippen molar-refractivity contribution < 1.29 is 4.39 Å². The molecule has 122 valence electrons. The lowest BCUT2D eigenvalue weighted by Crippen LogP contribution is -2.40. The van der Waals surface area contributed by atoms with Crippen molar-refractivity contribution in [2.75, 3.05) is 18.0 Å². The van der Waals surface area contributed by atoms with E-state index in [0.717, 1.165) is 37.4 Å². The highest BCUT2D eigenvalue weighted by atomic mass is 19.1. The third kappa shape index (κ3) is 3.67. The average molecular weight is 314 g/mol. The molecule has 4 nitrogen and oxygen atoms in total. The Morgan fingerprint density at radius 2 is 1.91 bits per heavy atom. The van der Waals surface area contributed by atoms with E-state index < -0.39 is 0 Å². The number of aromatic nitrogens is 2. The highest BCUT2D eigenvalue weighted by Crippen LogP contribution is 2.26. The Hall–Kier alpha value is -2.01. The van der Waals surface area contributed by atoms with Gasteiger partial charge in [-0.25, -0.2) is 14.4 Å². The van der Waals surface area contributed by atoms with E-state index in [9.17, 15) is 4.39 Å². The molecule has 1 aromatic heterocycles. The second-order valence-electron chi connectivity index (χ2n) is 6.46. The summed E-state index contributed by atoms with van der Waals surface area (Å²) in [6.45, 7) is 6.01. The maximum Gasteiger partial charge on any atom is 0.161 e. The van der Waals surface area contributed by atoms with Gasteiger partial charge in [-0.3, -0.25) is 0 Å². The summed E-state index contributed by atoms with van der Waals surface area (Å²) in [4.78, 5) is 11.6. The van der Waals surface area contributed by atoms with Gasteiger partial charge in [-0.2, -0.15) is 0 Å². The van der Waals surface area contributed by atoms with Crippen LogP contribution in [0.15, 0.2) is 30.3 Å². The molecule has 0 amide bonds. The molecule has 2 N–H and O–H groups in total. The van der Waals surface area contributed by atoms with Crippen molar-refractivity contribution in [3.8, 4) is 11.4 Å². The van der Waals surface area contributed by atoms with E-state index in [-0.39, 0.29) is 17.8 Å². The van der Waals surface area contributed by atoms with Crippen LogP contribution in [-0.4, -0.2) is 29.1 Å². The van der Waals surface area contributed by atoms with Gasteiger partial charge in [-0.1, -0.05) is 26.0 Å². The summed E-state index contributed by atoms with van der Waals surface area (Å²) in [5.41, 5.74) is 7.68. The fourth-order valence-electron chi connectivity index (χ4n) is 2.80. The van der Waals surface area contributed by atoms with Crippen LogP contribution in [0.3, 0.4) is 0 Å². The average Bonchev–Trinajstić information content (AvgIpc) is 2.55. The zero-order valence-electron chi connectivity index (χ0n) is 13.7. The first-order valence-corrected chi connectivity index (χ1v) is 8.18. The standard InChI is InChI=1S/C18H23FN4/c1-12(2)16-11-17(23-8-6-15(20)7-9-23)22-18(21-16)13-4-3-5-14(19)10-13/h3-5,10-12,15H,6-9,20H2,1-2H3. The normalized spacial score (nSPS) is 16.1. The summed E-state index contributed by atoms with van der Waals surface area (Å²) in [5.74, 6) is 1.51. The van der Waals surface area contributed by atoms with Crippen LogP contribution in [0, 0.1) is 5.82 Å². The molecule has 1 aliphatic heterocycles. The highest BCUT2D eigenvalue weighted by molar-refractivity contribution is 5.58. The van der Waals surface area contributed by atoms with E-state index in [1.165, 1.54) is 12.1 Å². The van der Waals surface area contributed by atoms with Gasteiger partial charge < -0.3 is 10.6 Å². The van der Waals surface area contributed by atoms with Crippen LogP contribution in [0.2, 0.25) is 0 Å². The summed E-state index contributed by atoms with van der Waals surface area (Å²) in [6.07, 6.45) is 1.94. The van der Waals surface area contributed by atoms with Crippen LogP contribution in [-0.2, 0) is 0 Å². The van der Waals surface area contributed by atoms with Crippen molar-refractivity contribution >= 4 is 5.82 Å². The predicted molar refractivity (Wildman–Crippen MR) is 90.9 cm³/mol. The molecule has 1 saturated heterocycles. The van der Waals surface area contributed by atoms with Gasteiger partial charge in [0.25, 0.3) is 0 Å². The molecular formula is C18H23FN4. The number of hydrogen-bond acceptors (Lipinski definition) is 4. The SMILES string of the molecule is CC(C)c1cc(N2CCC(N)CC2)nc(-c2cccc(F)c2)n1. The first-order valence-electron chi connectivity index (χ1n) is 8.18. The molecule has 23 heavy (non-hydrogen) atoms. The van der Waals surface area contributed by atoms with Gasteiger partial charge in [-0.15, -0.1) is 0 Å². The maximum atomic E-state index is 13.5. The lowest BCUT2D eigenvalue weighted by Gasteiger charge is -2.31. The zero-order chi connectivity index (χ0) is 16.4. The molecule has 1 fully saturated rings. The molecule has 0 radical (unpaired) electrons. The van der Waals surface area contributed by atoms with Gasteiger partial charge in [-0.05, 0) is 30.9 Å². The summed E-state index contributed by atoms with van der Waals surface area (Å²) >= 11 is 0. The minimum absolute atomic E-state index is 0.272. The third-order valence-electron chi connectivity index (χ3n) is 4.27. The molecule has 3 rings (SSSR count). The molecule has 1 aliphatic rings. The molecule has 0 aliphatic carbocycles. The summed E-state index contributed by atoms with van der Waals surface area (Å²) in [6, 6.07) is 8.77. The molecular weight excluding hydrogens is 291 g/mol. The number of benzene rings is 1. The van der Waals surface area contributed by atoms with E-state index in [2.05, 4.69) is 28.7 Å². The van der Waals surface area contributed by atoms with Crippen molar-refractivity contribution in [2.24, 2.45) is 5.73 Å². The second kappa shape index (κ2) is 6.62. The quantitative estimate of drug-likeness (QED) is 0.944. The smallest absolute Gasteiger partial charge is 0.161 e. The molecule has 0 bridgehead atoms. The van der Waals surface area contributed by atoms with Crippen molar-refractivity contribution in [1.82, 2.24) is 9.97 Å². The van der Waals surface area contributed by atoms with Gasteiger partial charge >= 0.3 is 0 Å². The maximum absolute atomic E-state index is 13.5. The Morgan fingerprint density at radius 3 is 2.57 bits per heavy atom. The second-order valence-corrected chi connectivity index (χ2v) is 6.46. The fourth-order valence-corrected chi connectivity index (χ4v) is 2.80. The van der Waals surface area contributed by atoms with E-state index >= 15 is 0 Å². The van der Waals surface area contributed by atoms with Gasteiger partial charge in [0.2, 0.25) is 0 Å². The fraction of sp³-hybridized carbons (Fsp3) is 0.444. The molecule has 0 atom stereocenters. The lowest BCUT2D eigenvalue weighted by molar-refractivity contribution is 0.498. The topological polar surface area (TPSA) is 55.0 Å². The summed E-state index contributed by atoms with van der Waals surface area (Å²) < 4.78 is 13.5. The number of hydrogen-bond donors (Lipinski definition) is 1. The first kappa shape index (κ1) is 15.9. The number of halogens is 1. The van der Waals surface area contributed by atoms with Crippen molar-refractivity contribution in [1.29, 1.82) is 0 Å².